The van der Waals surface area contributed by atoms with Crippen LogP contribution in [0.1, 0.15) is 11.1 Å². The van der Waals surface area contributed by atoms with Crippen LogP contribution in [-0.4, -0.2) is 14.7 Å². The van der Waals surface area contributed by atoms with Gasteiger partial charge in [-0.2, -0.15) is 0 Å². The molecular weight excluding hydrogens is 338 g/mol. The van der Waals surface area contributed by atoms with Crippen molar-refractivity contribution >= 4 is 31.6 Å². The summed E-state index contributed by atoms with van der Waals surface area (Å²) < 4.78 is 26.5. The molecule has 0 radical (unpaired) electrons. The van der Waals surface area contributed by atoms with Crippen LogP contribution in [0.5, 0.6) is 0 Å². The van der Waals surface area contributed by atoms with Crippen molar-refractivity contribution in [3.8, 4) is 0 Å². The van der Waals surface area contributed by atoms with Crippen LogP contribution in [0.4, 0.5) is 5.69 Å². The second-order valence-corrected chi connectivity index (χ2v) is 7.45. The van der Waals surface area contributed by atoms with Gasteiger partial charge in [-0.25, -0.2) is 8.42 Å². The minimum atomic E-state index is -3.33. The smallest absolute Gasteiger partial charge is 0.232 e. The maximum atomic E-state index is 12.0. The van der Waals surface area contributed by atoms with Gasteiger partial charge in [0.25, 0.3) is 0 Å². The molecule has 0 spiro atoms. The highest BCUT2D eigenvalue weighted by molar-refractivity contribution is 9.10. The van der Waals surface area contributed by atoms with Crippen LogP contribution >= 0.6 is 15.9 Å². The monoisotopic (exact) mass is 353 g/mol. The van der Waals surface area contributed by atoms with E-state index in [1.165, 1.54) is 10.6 Å². The molecular formula is C15H16BrNO2S. The summed E-state index contributed by atoms with van der Waals surface area (Å²) in [5.74, 6) is 0. The van der Waals surface area contributed by atoms with Gasteiger partial charge in [0.2, 0.25) is 10.0 Å². The molecule has 0 bridgehead atoms. The van der Waals surface area contributed by atoms with Gasteiger partial charge in [0, 0.05) is 4.47 Å². The Hall–Kier alpha value is -1.33. The average Bonchev–Trinajstić information content (AvgIpc) is 2.39. The molecule has 0 amide bonds. The second kappa shape index (κ2) is 5.97. The van der Waals surface area contributed by atoms with Crippen LogP contribution in [0, 0.1) is 6.92 Å². The lowest BCUT2D eigenvalue weighted by atomic mass is 10.2. The molecule has 0 atom stereocenters. The molecule has 0 aliphatic carbocycles. The van der Waals surface area contributed by atoms with Crippen LogP contribution in [0.3, 0.4) is 0 Å². The number of anilines is 1. The Bertz CT molecular complexity index is 699. The lowest BCUT2D eigenvalue weighted by Gasteiger charge is -2.23. The first-order valence-corrected chi connectivity index (χ1v) is 8.80. The third-order valence-corrected chi connectivity index (χ3v) is 5.03. The summed E-state index contributed by atoms with van der Waals surface area (Å²) >= 11 is 3.43. The first kappa shape index (κ1) is 15.1. The molecule has 106 valence electrons. The second-order valence-electron chi connectivity index (χ2n) is 4.69. The van der Waals surface area contributed by atoms with E-state index in [-0.39, 0.29) is 0 Å². The molecule has 2 aromatic rings. The maximum absolute atomic E-state index is 12.0. The number of sulfonamides is 1. The van der Waals surface area contributed by atoms with Crippen LogP contribution in [0.2, 0.25) is 0 Å². The van der Waals surface area contributed by atoms with Gasteiger partial charge in [0.05, 0.1) is 18.5 Å². The van der Waals surface area contributed by atoms with E-state index in [9.17, 15) is 8.42 Å². The van der Waals surface area contributed by atoms with Crippen molar-refractivity contribution < 1.29 is 8.42 Å². The highest BCUT2D eigenvalue weighted by Gasteiger charge is 2.18. The zero-order chi connectivity index (χ0) is 14.8. The summed E-state index contributed by atoms with van der Waals surface area (Å²) in [6.07, 6.45) is 1.23. The number of hydrogen-bond acceptors (Lipinski definition) is 2. The van der Waals surface area contributed by atoms with Crippen molar-refractivity contribution in [3.05, 3.63) is 64.1 Å². The minimum absolute atomic E-state index is 0.334. The molecule has 0 aliphatic rings. The topological polar surface area (TPSA) is 37.4 Å². The molecule has 0 N–H and O–H groups in total. The standard InChI is InChI=1S/C15H16BrNO2S/c1-12-10-14(8-9-15(12)16)17(20(2,18)19)11-13-6-4-3-5-7-13/h3-10H,11H2,1-2H3. The van der Waals surface area contributed by atoms with Crippen LogP contribution in [0.25, 0.3) is 0 Å². The summed E-state index contributed by atoms with van der Waals surface area (Å²) in [5, 5.41) is 0. The number of rotatable bonds is 4. The molecule has 0 aliphatic heterocycles. The number of aryl methyl sites for hydroxylation is 1. The van der Waals surface area contributed by atoms with Gasteiger partial charge in [-0.1, -0.05) is 46.3 Å². The van der Waals surface area contributed by atoms with Gasteiger partial charge in [-0.15, -0.1) is 0 Å². The van der Waals surface area contributed by atoms with Crippen molar-refractivity contribution in [1.29, 1.82) is 0 Å². The van der Waals surface area contributed by atoms with Crippen molar-refractivity contribution in [2.45, 2.75) is 13.5 Å². The maximum Gasteiger partial charge on any atom is 0.232 e. The summed E-state index contributed by atoms with van der Waals surface area (Å²) in [6.45, 7) is 2.28. The van der Waals surface area contributed by atoms with Gasteiger partial charge in [-0.05, 0) is 36.2 Å². The fraction of sp³-hybridized carbons (Fsp3) is 0.200. The van der Waals surface area contributed by atoms with Crippen LogP contribution < -0.4 is 4.31 Å². The van der Waals surface area contributed by atoms with Gasteiger partial charge < -0.3 is 0 Å². The van der Waals surface area contributed by atoms with Gasteiger partial charge in [-0.3, -0.25) is 4.31 Å². The Kier molecular flexibility index (Phi) is 4.50. The fourth-order valence-electron chi connectivity index (χ4n) is 1.93. The first-order valence-electron chi connectivity index (χ1n) is 6.16. The zero-order valence-electron chi connectivity index (χ0n) is 11.4. The molecule has 2 aromatic carbocycles. The Morgan fingerprint density at radius 2 is 1.75 bits per heavy atom. The molecule has 0 unspecified atom stereocenters. The molecule has 0 fully saturated rings. The minimum Gasteiger partial charge on any atom is -0.266 e. The highest BCUT2D eigenvalue weighted by Crippen LogP contribution is 2.26. The Balaban J connectivity index is 2.41. The SMILES string of the molecule is Cc1cc(N(Cc2ccccc2)S(C)(=O)=O)ccc1Br. The highest BCUT2D eigenvalue weighted by atomic mass is 79.9. The molecule has 0 heterocycles. The average molecular weight is 354 g/mol. The molecule has 20 heavy (non-hydrogen) atoms. The predicted molar refractivity (Wildman–Crippen MR) is 86.3 cm³/mol. The number of halogens is 1. The van der Waals surface area contributed by atoms with Crippen molar-refractivity contribution in [2.75, 3.05) is 10.6 Å². The molecule has 0 saturated carbocycles. The molecule has 0 aromatic heterocycles. The molecule has 5 heteroatoms. The summed E-state index contributed by atoms with van der Waals surface area (Å²) in [7, 11) is -3.33. The largest absolute Gasteiger partial charge is 0.266 e. The van der Waals surface area contributed by atoms with E-state index in [1.807, 2.05) is 49.4 Å². The third-order valence-electron chi connectivity index (χ3n) is 3.00. The molecule has 0 saturated heterocycles. The Labute approximate surface area is 128 Å². The number of nitrogens with zero attached hydrogens (tertiary/aromatic N) is 1. The zero-order valence-corrected chi connectivity index (χ0v) is 13.8. The number of hydrogen-bond donors (Lipinski definition) is 0. The lowest BCUT2D eigenvalue weighted by Crippen LogP contribution is -2.29. The van der Waals surface area contributed by atoms with Gasteiger partial charge >= 0.3 is 0 Å². The van der Waals surface area contributed by atoms with E-state index < -0.39 is 10.0 Å². The lowest BCUT2D eigenvalue weighted by molar-refractivity contribution is 0.596. The molecule has 3 nitrogen and oxygen atoms in total. The van der Waals surface area contributed by atoms with E-state index in [1.54, 1.807) is 6.07 Å². The van der Waals surface area contributed by atoms with E-state index >= 15 is 0 Å². The first-order chi connectivity index (χ1) is 9.38. The van der Waals surface area contributed by atoms with Crippen molar-refractivity contribution in [3.63, 3.8) is 0 Å². The number of benzene rings is 2. The normalized spacial score (nSPS) is 11.3. The summed E-state index contributed by atoms with van der Waals surface area (Å²) in [4.78, 5) is 0. The van der Waals surface area contributed by atoms with Gasteiger partial charge in [0.15, 0.2) is 0 Å². The van der Waals surface area contributed by atoms with E-state index in [0.717, 1.165) is 15.6 Å². The van der Waals surface area contributed by atoms with Crippen molar-refractivity contribution in [2.24, 2.45) is 0 Å². The molecule has 2 rings (SSSR count). The Morgan fingerprint density at radius 1 is 1.10 bits per heavy atom. The fourth-order valence-corrected chi connectivity index (χ4v) is 3.06. The van der Waals surface area contributed by atoms with E-state index in [0.29, 0.717) is 12.2 Å². The van der Waals surface area contributed by atoms with Crippen molar-refractivity contribution in [1.82, 2.24) is 0 Å². The van der Waals surface area contributed by atoms with Gasteiger partial charge in [0.1, 0.15) is 0 Å². The summed E-state index contributed by atoms with van der Waals surface area (Å²) in [6, 6.07) is 15.1. The summed E-state index contributed by atoms with van der Waals surface area (Å²) in [5.41, 5.74) is 2.64. The third kappa shape index (κ3) is 3.61. The van der Waals surface area contributed by atoms with E-state index in [4.69, 9.17) is 0 Å². The Morgan fingerprint density at radius 3 is 2.30 bits per heavy atom. The van der Waals surface area contributed by atoms with Crippen LogP contribution in [0.15, 0.2) is 53.0 Å². The predicted octanol–water partition coefficient (Wildman–Crippen LogP) is 3.72. The quantitative estimate of drug-likeness (QED) is 0.839. The van der Waals surface area contributed by atoms with E-state index in [2.05, 4.69) is 15.9 Å². The van der Waals surface area contributed by atoms with Crippen LogP contribution in [-0.2, 0) is 16.6 Å².